The van der Waals surface area contributed by atoms with Gasteiger partial charge >= 0.3 is 0 Å². The number of piperidine rings is 1. The number of amides is 1. The first-order chi connectivity index (χ1) is 14.4. The molecule has 3 aromatic rings. The average Bonchev–Trinajstić information content (AvgIpc) is 3.41. The minimum absolute atomic E-state index is 0.113. The molecule has 10 heteroatoms. The summed E-state index contributed by atoms with van der Waals surface area (Å²) in [5, 5.41) is 11.0. The molecule has 0 aliphatic carbocycles. The van der Waals surface area contributed by atoms with Crippen LogP contribution in [0.15, 0.2) is 45.9 Å². The molecule has 160 valence electrons. The SMILES string of the molecule is CC(C)n1nnc2cc(S(=O)(=O)N3CCCCC3C(=O)NCc3ccco3)ccc21. The standard InChI is InChI=1S/C20H25N5O4S/c1-14(2)25-18-9-8-16(12-17(18)22-23-25)30(27,28)24-10-4-3-7-19(24)20(26)21-13-15-6-5-11-29-15/h5-6,8-9,11-12,14,19H,3-4,7,10,13H2,1-2H3,(H,21,26). The second-order valence-electron chi connectivity index (χ2n) is 7.70. The van der Waals surface area contributed by atoms with Crippen LogP contribution >= 0.6 is 0 Å². The van der Waals surface area contributed by atoms with Crippen LogP contribution in [0.25, 0.3) is 11.0 Å². The predicted molar refractivity (Wildman–Crippen MR) is 110 cm³/mol. The number of rotatable bonds is 6. The van der Waals surface area contributed by atoms with Crippen LogP contribution in [0.1, 0.15) is 44.9 Å². The van der Waals surface area contributed by atoms with Crippen LogP contribution < -0.4 is 5.32 Å². The summed E-state index contributed by atoms with van der Waals surface area (Å²) in [7, 11) is -3.86. The highest BCUT2D eigenvalue weighted by Gasteiger charge is 2.37. The van der Waals surface area contributed by atoms with Crippen LogP contribution in [0, 0.1) is 0 Å². The van der Waals surface area contributed by atoms with Gasteiger partial charge in [0.2, 0.25) is 15.9 Å². The summed E-state index contributed by atoms with van der Waals surface area (Å²) >= 11 is 0. The molecule has 0 radical (unpaired) electrons. The van der Waals surface area contributed by atoms with E-state index < -0.39 is 16.1 Å². The van der Waals surface area contributed by atoms with E-state index in [4.69, 9.17) is 4.42 Å². The summed E-state index contributed by atoms with van der Waals surface area (Å²) in [6, 6.07) is 7.68. The molecule has 1 amide bonds. The molecule has 1 unspecified atom stereocenters. The summed E-state index contributed by atoms with van der Waals surface area (Å²) in [5.41, 5.74) is 1.29. The second-order valence-corrected chi connectivity index (χ2v) is 9.59. The van der Waals surface area contributed by atoms with Gasteiger partial charge in [-0.1, -0.05) is 11.6 Å². The number of furan rings is 1. The Bertz CT molecular complexity index is 1140. The normalized spacial score (nSPS) is 18.2. The lowest BCUT2D eigenvalue weighted by Gasteiger charge is -2.33. The van der Waals surface area contributed by atoms with Crippen molar-refractivity contribution in [2.24, 2.45) is 0 Å². The van der Waals surface area contributed by atoms with E-state index in [0.29, 0.717) is 30.7 Å². The van der Waals surface area contributed by atoms with Gasteiger partial charge in [-0.05, 0) is 57.0 Å². The monoisotopic (exact) mass is 431 g/mol. The zero-order valence-electron chi connectivity index (χ0n) is 17.0. The topological polar surface area (TPSA) is 110 Å². The molecular weight excluding hydrogens is 406 g/mol. The van der Waals surface area contributed by atoms with E-state index in [1.807, 2.05) is 13.8 Å². The lowest BCUT2D eigenvalue weighted by atomic mass is 10.0. The molecule has 0 saturated carbocycles. The molecule has 0 spiro atoms. The maximum atomic E-state index is 13.4. The van der Waals surface area contributed by atoms with Gasteiger partial charge in [0, 0.05) is 12.6 Å². The van der Waals surface area contributed by atoms with Crippen molar-refractivity contribution in [1.29, 1.82) is 0 Å². The number of benzene rings is 1. The highest BCUT2D eigenvalue weighted by atomic mass is 32.2. The van der Waals surface area contributed by atoms with Crippen molar-refractivity contribution in [2.45, 2.75) is 56.6 Å². The summed E-state index contributed by atoms with van der Waals surface area (Å²) in [4.78, 5) is 12.9. The van der Waals surface area contributed by atoms with Crippen molar-refractivity contribution < 1.29 is 17.6 Å². The van der Waals surface area contributed by atoms with Gasteiger partial charge in [-0.2, -0.15) is 4.31 Å². The van der Waals surface area contributed by atoms with Gasteiger partial charge in [-0.15, -0.1) is 5.10 Å². The Balaban J connectivity index is 1.59. The lowest BCUT2D eigenvalue weighted by molar-refractivity contribution is -0.125. The van der Waals surface area contributed by atoms with E-state index in [-0.39, 0.29) is 23.4 Å². The minimum atomic E-state index is -3.86. The largest absolute Gasteiger partial charge is 0.467 e. The molecule has 30 heavy (non-hydrogen) atoms. The van der Waals surface area contributed by atoms with Crippen LogP contribution in [-0.2, 0) is 21.4 Å². The second kappa shape index (κ2) is 8.19. The number of aromatic nitrogens is 3. The van der Waals surface area contributed by atoms with Crippen molar-refractivity contribution in [3.05, 3.63) is 42.4 Å². The molecule has 1 aliphatic rings. The van der Waals surface area contributed by atoms with E-state index in [0.717, 1.165) is 11.9 Å². The molecule has 1 aliphatic heterocycles. The van der Waals surface area contributed by atoms with Gasteiger partial charge in [-0.25, -0.2) is 13.1 Å². The van der Waals surface area contributed by atoms with Crippen LogP contribution in [0.5, 0.6) is 0 Å². The summed E-state index contributed by atoms with van der Waals surface area (Å²) in [6.45, 7) is 4.50. The Morgan fingerprint density at radius 3 is 2.87 bits per heavy atom. The van der Waals surface area contributed by atoms with E-state index in [1.54, 1.807) is 28.9 Å². The molecule has 3 heterocycles. The van der Waals surface area contributed by atoms with Gasteiger partial charge in [0.1, 0.15) is 17.3 Å². The number of hydrogen-bond donors (Lipinski definition) is 1. The zero-order valence-corrected chi connectivity index (χ0v) is 17.8. The highest BCUT2D eigenvalue weighted by molar-refractivity contribution is 7.89. The van der Waals surface area contributed by atoms with E-state index >= 15 is 0 Å². The maximum Gasteiger partial charge on any atom is 0.243 e. The van der Waals surface area contributed by atoms with Crippen molar-refractivity contribution >= 4 is 27.0 Å². The Hall–Kier alpha value is -2.72. The Morgan fingerprint density at radius 2 is 2.13 bits per heavy atom. The number of sulfonamides is 1. The van der Waals surface area contributed by atoms with Crippen LogP contribution in [-0.4, -0.2) is 46.2 Å². The molecule has 1 fully saturated rings. The molecule has 1 saturated heterocycles. The fourth-order valence-corrected chi connectivity index (χ4v) is 5.44. The van der Waals surface area contributed by atoms with Crippen molar-refractivity contribution in [3.63, 3.8) is 0 Å². The third kappa shape index (κ3) is 3.84. The van der Waals surface area contributed by atoms with Crippen LogP contribution in [0.4, 0.5) is 0 Å². The van der Waals surface area contributed by atoms with Crippen molar-refractivity contribution in [3.8, 4) is 0 Å². The first-order valence-electron chi connectivity index (χ1n) is 10.0. The predicted octanol–water partition coefficient (Wildman–Crippen LogP) is 2.46. The number of fused-ring (bicyclic) bond motifs is 1. The number of carbonyl (C=O) groups excluding carboxylic acids is 1. The molecule has 2 aromatic heterocycles. The number of nitrogens with zero attached hydrogens (tertiary/aromatic N) is 4. The third-order valence-corrected chi connectivity index (χ3v) is 7.22. The van der Waals surface area contributed by atoms with Crippen molar-refractivity contribution in [2.75, 3.05) is 6.54 Å². The smallest absolute Gasteiger partial charge is 0.243 e. The maximum absolute atomic E-state index is 13.4. The van der Waals surface area contributed by atoms with Gasteiger partial charge < -0.3 is 9.73 Å². The summed E-state index contributed by atoms with van der Waals surface area (Å²) in [5.74, 6) is 0.300. The lowest BCUT2D eigenvalue weighted by Crippen LogP contribution is -2.51. The fraction of sp³-hybridized carbons (Fsp3) is 0.450. The minimum Gasteiger partial charge on any atom is -0.467 e. The highest BCUT2D eigenvalue weighted by Crippen LogP contribution is 2.28. The van der Waals surface area contributed by atoms with Crippen molar-refractivity contribution in [1.82, 2.24) is 24.6 Å². The van der Waals surface area contributed by atoms with Gasteiger partial charge in [0.05, 0.1) is 23.2 Å². The Kier molecular flexibility index (Phi) is 5.61. The first-order valence-corrected chi connectivity index (χ1v) is 11.5. The van der Waals surface area contributed by atoms with Crippen LogP contribution in [0.2, 0.25) is 0 Å². The number of hydrogen-bond acceptors (Lipinski definition) is 6. The van der Waals surface area contributed by atoms with E-state index in [2.05, 4.69) is 15.6 Å². The molecule has 1 N–H and O–H groups in total. The van der Waals surface area contributed by atoms with E-state index in [9.17, 15) is 13.2 Å². The van der Waals surface area contributed by atoms with E-state index in [1.165, 1.54) is 16.6 Å². The Labute approximate surface area is 175 Å². The first kappa shape index (κ1) is 20.5. The van der Waals surface area contributed by atoms with Gasteiger partial charge in [-0.3, -0.25) is 4.79 Å². The quantitative estimate of drug-likeness (QED) is 0.642. The molecule has 1 aromatic carbocycles. The summed E-state index contributed by atoms with van der Waals surface area (Å²) < 4.78 is 35.1. The third-order valence-electron chi connectivity index (χ3n) is 5.31. The molecule has 4 rings (SSSR count). The zero-order chi connectivity index (χ0) is 21.3. The fourth-order valence-electron chi connectivity index (χ4n) is 3.76. The number of nitrogens with one attached hydrogen (secondary N) is 1. The average molecular weight is 432 g/mol. The number of carbonyl (C=O) groups is 1. The molecular formula is C20H25N5O4S. The molecule has 1 atom stereocenters. The Morgan fingerprint density at radius 1 is 1.30 bits per heavy atom. The molecule has 0 bridgehead atoms. The van der Waals surface area contributed by atoms with Gasteiger partial charge in [0.15, 0.2) is 0 Å². The molecule has 9 nitrogen and oxygen atoms in total. The summed E-state index contributed by atoms with van der Waals surface area (Å²) in [6.07, 6.45) is 3.53. The van der Waals surface area contributed by atoms with Crippen LogP contribution in [0.3, 0.4) is 0 Å². The van der Waals surface area contributed by atoms with Gasteiger partial charge in [0.25, 0.3) is 0 Å².